The first kappa shape index (κ1) is 20.9. The largest absolute Gasteiger partial charge is 0.369 e. The summed E-state index contributed by atoms with van der Waals surface area (Å²) in [4.78, 5) is 27.1. The van der Waals surface area contributed by atoms with Crippen LogP contribution in [0.5, 0.6) is 0 Å². The van der Waals surface area contributed by atoms with Gasteiger partial charge in [0.25, 0.3) is 5.69 Å². The van der Waals surface area contributed by atoms with Gasteiger partial charge in [0.2, 0.25) is 0 Å². The van der Waals surface area contributed by atoms with Gasteiger partial charge >= 0.3 is 6.03 Å². The van der Waals surface area contributed by atoms with E-state index in [1.54, 1.807) is 12.1 Å². The van der Waals surface area contributed by atoms with Crippen molar-refractivity contribution >= 4 is 34.7 Å². The van der Waals surface area contributed by atoms with Crippen LogP contribution < -0.4 is 15.5 Å². The van der Waals surface area contributed by atoms with E-state index in [2.05, 4.69) is 27.4 Å². The lowest BCUT2D eigenvalue weighted by molar-refractivity contribution is -0.383. The predicted molar refractivity (Wildman–Crippen MR) is 115 cm³/mol. The minimum absolute atomic E-state index is 0.130. The molecule has 9 heteroatoms. The number of halogens is 1. The number of urea groups is 1. The summed E-state index contributed by atoms with van der Waals surface area (Å²) in [5.41, 5.74) is 2.42. The zero-order valence-electron chi connectivity index (χ0n) is 16.2. The number of nitrogens with one attached hydrogen (secondary N) is 2. The molecule has 1 heterocycles. The molecule has 3 rings (SSSR count). The molecular formula is C20H24ClN5O3. The summed E-state index contributed by atoms with van der Waals surface area (Å²) in [6, 6.07) is 11.6. The molecule has 2 N–H and O–H groups in total. The van der Waals surface area contributed by atoms with E-state index >= 15 is 0 Å². The first-order valence-corrected chi connectivity index (χ1v) is 9.83. The van der Waals surface area contributed by atoms with Crippen LogP contribution in [0.3, 0.4) is 0 Å². The number of benzene rings is 2. The van der Waals surface area contributed by atoms with E-state index in [0.29, 0.717) is 13.1 Å². The van der Waals surface area contributed by atoms with E-state index in [9.17, 15) is 14.9 Å². The number of nitro benzene ring substituents is 1. The molecular weight excluding hydrogens is 394 g/mol. The minimum atomic E-state index is -0.517. The van der Waals surface area contributed by atoms with Gasteiger partial charge in [0, 0.05) is 56.0 Å². The molecule has 0 spiro atoms. The van der Waals surface area contributed by atoms with Crippen LogP contribution in [0, 0.1) is 17.0 Å². The number of nitro groups is 1. The van der Waals surface area contributed by atoms with E-state index in [1.807, 2.05) is 18.2 Å². The summed E-state index contributed by atoms with van der Waals surface area (Å²) in [6.45, 7) is 6.82. The van der Waals surface area contributed by atoms with E-state index in [1.165, 1.54) is 23.4 Å². The topological polar surface area (TPSA) is 90.8 Å². The van der Waals surface area contributed by atoms with Gasteiger partial charge < -0.3 is 15.5 Å². The number of hydrogen-bond acceptors (Lipinski definition) is 5. The molecule has 0 bridgehead atoms. The predicted octanol–water partition coefficient (Wildman–Crippen LogP) is 3.50. The molecule has 0 unspecified atom stereocenters. The molecule has 8 nitrogen and oxygen atoms in total. The Labute approximate surface area is 174 Å². The number of nitrogens with zero attached hydrogens (tertiary/aromatic N) is 3. The lowest BCUT2D eigenvalue weighted by Gasteiger charge is -2.36. The van der Waals surface area contributed by atoms with Crippen molar-refractivity contribution in [3.63, 3.8) is 0 Å². The zero-order chi connectivity index (χ0) is 20.8. The van der Waals surface area contributed by atoms with Crippen LogP contribution in [-0.2, 0) is 0 Å². The third-order valence-electron chi connectivity index (χ3n) is 4.95. The molecule has 0 aliphatic carbocycles. The highest BCUT2D eigenvalue weighted by Crippen LogP contribution is 2.25. The summed E-state index contributed by atoms with van der Waals surface area (Å²) >= 11 is 6.13. The van der Waals surface area contributed by atoms with Crippen LogP contribution in [-0.4, -0.2) is 55.1 Å². The lowest BCUT2D eigenvalue weighted by Crippen LogP contribution is -2.48. The summed E-state index contributed by atoms with van der Waals surface area (Å²) in [5, 5.41) is 17.0. The molecule has 0 radical (unpaired) electrons. The highest BCUT2D eigenvalue weighted by atomic mass is 35.5. The Balaban J connectivity index is 1.42. The van der Waals surface area contributed by atoms with Crippen LogP contribution >= 0.6 is 11.6 Å². The minimum Gasteiger partial charge on any atom is -0.369 e. The fraction of sp³-hybridized carbons (Fsp3) is 0.350. The van der Waals surface area contributed by atoms with Crippen LogP contribution in [0.2, 0.25) is 5.02 Å². The number of para-hydroxylation sites is 2. The molecule has 2 aromatic rings. The van der Waals surface area contributed by atoms with Gasteiger partial charge in [-0.1, -0.05) is 29.8 Å². The first-order valence-electron chi connectivity index (χ1n) is 9.46. The van der Waals surface area contributed by atoms with Crippen molar-refractivity contribution < 1.29 is 9.72 Å². The number of carbonyl (C=O) groups excluding carboxylic acids is 1. The Morgan fingerprint density at radius 3 is 2.62 bits per heavy atom. The van der Waals surface area contributed by atoms with Gasteiger partial charge in [0.15, 0.2) is 0 Å². The Morgan fingerprint density at radius 1 is 1.17 bits per heavy atom. The number of amides is 2. The molecule has 29 heavy (non-hydrogen) atoms. The second-order valence-corrected chi connectivity index (χ2v) is 7.35. The van der Waals surface area contributed by atoms with E-state index < -0.39 is 11.0 Å². The molecule has 1 aliphatic rings. The molecule has 0 saturated carbocycles. The van der Waals surface area contributed by atoms with Crippen LogP contribution in [0.1, 0.15) is 5.56 Å². The number of piperazine rings is 1. The average molecular weight is 418 g/mol. The second kappa shape index (κ2) is 9.58. The van der Waals surface area contributed by atoms with Crippen molar-refractivity contribution in [2.24, 2.45) is 0 Å². The maximum absolute atomic E-state index is 12.1. The quantitative estimate of drug-likeness (QED) is 0.554. The molecule has 1 aliphatic heterocycles. The highest BCUT2D eigenvalue weighted by Gasteiger charge is 2.19. The summed E-state index contributed by atoms with van der Waals surface area (Å²) in [5.74, 6) is 0. The normalized spacial score (nSPS) is 14.5. The fourth-order valence-corrected chi connectivity index (χ4v) is 3.53. The average Bonchev–Trinajstić information content (AvgIpc) is 2.70. The van der Waals surface area contributed by atoms with E-state index in [0.717, 1.165) is 31.2 Å². The Bertz CT molecular complexity index is 884. The third-order valence-corrected chi connectivity index (χ3v) is 5.18. The van der Waals surface area contributed by atoms with Gasteiger partial charge in [-0.25, -0.2) is 4.79 Å². The van der Waals surface area contributed by atoms with Gasteiger partial charge in [-0.3, -0.25) is 15.0 Å². The SMILES string of the molecule is Cc1ccc(Cl)cc1N1CCN(CCNC(=O)Nc2ccccc2[N+](=O)[O-])CC1. The second-order valence-electron chi connectivity index (χ2n) is 6.91. The van der Waals surface area contributed by atoms with E-state index in [-0.39, 0.29) is 11.4 Å². The molecule has 1 saturated heterocycles. The van der Waals surface area contributed by atoms with Crippen molar-refractivity contribution in [3.05, 3.63) is 63.2 Å². The van der Waals surface area contributed by atoms with Gasteiger partial charge in [-0.05, 0) is 30.7 Å². The molecule has 2 aromatic carbocycles. The first-order chi connectivity index (χ1) is 13.9. The zero-order valence-corrected chi connectivity index (χ0v) is 17.0. The van der Waals surface area contributed by atoms with E-state index in [4.69, 9.17) is 11.6 Å². The standard InChI is InChI=1S/C20H24ClN5O3/c1-15-6-7-16(21)14-19(15)25-12-10-24(11-13-25)9-8-22-20(27)23-17-4-2-3-5-18(17)26(28)29/h2-7,14H,8-13H2,1H3,(H2,22,23,27). The summed E-state index contributed by atoms with van der Waals surface area (Å²) in [6.07, 6.45) is 0. The van der Waals surface area contributed by atoms with Crippen molar-refractivity contribution in [1.82, 2.24) is 10.2 Å². The Kier molecular flexibility index (Phi) is 6.90. The smallest absolute Gasteiger partial charge is 0.319 e. The third kappa shape index (κ3) is 5.58. The van der Waals surface area contributed by atoms with Crippen LogP contribution in [0.25, 0.3) is 0 Å². The van der Waals surface area contributed by atoms with Gasteiger partial charge in [-0.15, -0.1) is 0 Å². The Morgan fingerprint density at radius 2 is 1.90 bits per heavy atom. The van der Waals surface area contributed by atoms with Crippen LogP contribution in [0.4, 0.5) is 21.9 Å². The molecule has 0 atom stereocenters. The monoisotopic (exact) mass is 417 g/mol. The van der Waals surface area contributed by atoms with Crippen molar-refractivity contribution in [2.75, 3.05) is 49.5 Å². The summed E-state index contributed by atoms with van der Waals surface area (Å²) in [7, 11) is 0. The molecule has 154 valence electrons. The van der Waals surface area contributed by atoms with Crippen molar-refractivity contribution in [3.8, 4) is 0 Å². The number of carbonyl (C=O) groups is 1. The lowest BCUT2D eigenvalue weighted by atomic mass is 10.1. The van der Waals surface area contributed by atoms with Gasteiger partial charge in [0.05, 0.1) is 4.92 Å². The van der Waals surface area contributed by atoms with Crippen LogP contribution in [0.15, 0.2) is 42.5 Å². The number of hydrogen-bond donors (Lipinski definition) is 2. The number of rotatable bonds is 6. The number of anilines is 2. The summed E-state index contributed by atoms with van der Waals surface area (Å²) < 4.78 is 0. The van der Waals surface area contributed by atoms with Gasteiger partial charge in [0.1, 0.15) is 5.69 Å². The number of aryl methyl sites for hydroxylation is 1. The highest BCUT2D eigenvalue weighted by molar-refractivity contribution is 6.30. The molecule has 2 amide bonds. The van der Waals surface area contributed by atoms with Crippen molar-refractivity contribution in [1.29, 1.82) is 0 Å². The maximum Gasteiger partial charge on any atom is 0.319 e. The van der Waals surface area contributed by atoms with Crippen molar-refractivity contribution in [2.45, 2.75) is 6.92 Å². The fourth-order valence-electron chi connectivity index (χ4n) is 3.37. The molecule has 0 aromatic heterocycles. The molecule has 1 fully saturated rings. The van der Waals surface area contributed by atoms with Gasteiger partial charge in [-0.2, -0.15) is 0 Å². The Hall–Kier alpha value is -2.84. The maximum atomic E-state index is 12.1.